The number of carbonyl (C=O) groups is 1. The van der Waals surface area contributed by atoms with Crippen LogP contribution in [0.4, 0.5) is 15.8 Å². The molecule has 0 saturated carbocycles. The van der Waals surface area contributed by atoms with Gasteiger partial charge in [-0.3, -0.25) is 4.79 Å². The molecule has 0 unspecified atom stereocenters. The fourth-order valence-electron chi connectivity index (χ4n) is 1.68. The summed E-state index contributed by atoms with van der Waals surface area (Å²) in [6.07, 6.45) is 0. The number of ether oxygens (including phenoxy) is 1. The summed E-state index contributed by atoms with van der Waals surface area (Å²) in [7, 11) is 0. The van der Waals surface area contributed by atoms with Crippen molar-refractivity contribution in [2.75, 3.05) is 17.7 Å². The van der Waals surface area contributed by atoms with Crippen molar-refractivity contribution < 1.29 is 13.9 Å². The number of halogens is 1. The highest BCUT2D eigenvalue weighted by Gasteiger charge is 2.07. The summed E-state index contributed by atoms with van der Waals surface area (Å²) in [5, 5.41) is 2.62. The van der Waals surface area contributed by atoms with Gasteiger partial charge in [0.15, 0.2) is 18.2 Å². The molecule has 1 amide bonds. The molecule has 20 heavy (non-hydrogen) atoms. The van der Waals surface area contributed by atoms with Gasteiger partial charge >= 0.3 is 0 Å². The number of nitrogens with one attached hydrogen (secondary N) is 1. The zero-order valence-corrected chi connectivity index (χ0v) is 11.0. The van der Waals surface area contributed by atoms with Crippen LogP contribution < -0.4 is 15.8 Å². The van der Waals surface area contributed by atoms with Gasteiger partial charge in [-0.25, -0.2) is 4.39 Å². The van der Waals surface area contributed by atoms with Gasteiger partial charge in [-0.15, -0.1) is 0 Å². The van der Waals surface area contributed by atoms with E-state index < -0.39 is 5.82 Å². The Morgan fingerprint density at radius 3 is 2.85 bits per heavy atom. The Balaban J connectivity index is 1.94. The second-order valence-electron chi connectivity index (χ2n) is 4.40. The summed E-state index contributed by atoms with van der Waals surface area (Å²) in [6.45, 7) is 1.55. The number of benzene rings is 2. The summed E-state index contributed by atoms with van der Waals surface area (Å²) < 4.78 is 18.6. The Bertz CT molecular complexity index is 629. The predicted octanol–water partition coefficient (Wildman–Crippen LogP) is 2.73. The fourth-order valence-corrected chi connectivity index (χ4v) is 1.68. The number of carbonyl (C=O) groups excluding carboxylic acids is 1. The van der Waals surface area contributed by atoms with Crippen LogP contribution in [-0.2, 0) is 4.79 Å². The standard InChI is InChI=1S/C15H15FN2O2/c1-10-5-6-13(16)14(7-10)20-9-15(19)18-12-4-2-3-11(17)8-12/h2-8H,9,17H2,1H3,(H,18,19). The maximum absolute atomic E-state index is 13.4. The minimum Gasteiger partial charge on any atom is -0.481 e. The maximum Gasteiger partial charge on any atom is 0.262 e. The van der Waals surface area contributed by atoms with E-state index in [1.165, 1.54) is 6.07 Å². The Labute approximate surface area is 116 Å². The number of aryl methyl sites for hydroxylation is 1. The average Bonchev–Trinajstić information content (AvgIpc) is 2.40. The second-order valence-corrected chi connectivity index (χ2v) is 4.40. The monoisotopic (exact) mass is 274 g/mol. The van der Waals surface area contributed by atoms with Crippen LogP contribution in [0.1, 0.15) is 5.56 Å². The van der Waals surface area contributed by atoms with E-state index in [4.69, 9.17) is 10.5 Å². The molecule has 0 saturated heterocycles. The van der Waals surface area contributed by atoms with Crippen molar-refractivity contribution >= 4 is 17.3 Å². The van der Waals surface area contributed by atoms with Crippen molar-refractivity contribution in [3.05, 3.63) is 53.8 Å². The lowest BCUT2D eigenvalue weighted by Crippen LogP contribution is -2.20. The first-order chi connectivity index (χ1) is 9.54. The third-order valence-corrected chi connectivity index (χ3v) is 2.62. The van der Waals surface area contributed by atoms with Crippen LogP contribution in [-0.4, -0.2) is 12.5 Å². The van der Waals surface area contributed by atoms with Gasteiger partial charge in [-0.1, -0.05) is 12.1 Å². The highest BCUT2D eigenvalue weighted by atomic mass is 19.1. The summed E-state index contributed by atoms with van der Waals surface area (Å²) in [5.74, 6) is -0.809. The largest absolute Gasteiger partial charge is 0.481 e. The van der Waals surface area contributed by atoms with Crippen LogP contribution in [0.2, 0.25) is 0 Å². The summed E-state index contributed by atoms with van der Waals surface area (Å²) >= 11 is 0. The molecule has 0 fully saturated rings. The molecule has 0 aromatic heterocycles. The molecular weight excluding hydrogens is 259 g/mol. The number of amides is 1. The molecular formula is C15H15FN2O2. The lowest BCUT2D eigenvalue weighted by molar-refractivity contribution is -0.118. The second kappa shape index (κ2) is 6.06. The molecule has 4 nitrogen and oxygen atoms in total. The van der Waals surface area contributed by atoms with Crippen molar-refractivity contribution in [3.63, 3.8) is 0 Å². The van der Waals surface area contributed by atoms with Crippen molar-refractivity contribution in [1.82, 2.24) is 0 Å². The van der Waals surface area contributed by atoms with Gasteiger partial charge in [0.05, 0.1) is 0 Å². The van der Waals surface area contributed by atoms with Gasteiger partial charge in [0.2, 0.25) is 0 Å². The van der Waals surface area contributed by atoms with E-state index in [1.807, 2.05) is 6.92 Å². The predicted molar refractivity (Wildman–Crippen MR) is 76.1 cm³/mol. The minimum absolute atomic E-state index is 0.0627. The van der Waals surface area contributed by atoms with Crippen LogP contribution in [0.15, 0.2) is 42.5 Å². The highest BCUT2D eigenvalue weighted by molar-refractivity contribution is 5.92. The minimum atomic E-state index is -0.493. The van der Waals surface area contributed by atoms with Crippen molar-refractivity contribution in [1.29, 1.82) is 0 Å². The van der Waals surface area contributed by atoms with Gasteiger partial charge in [-0.2, -0.15) is 0 Å². The topological polar surface area (TPSA) is 64.3 Å². The lowest BCUT2D eigenvalue weighted by atomic mass is 10.2. The number of hydrogen-bond acceptors (Lipinski definition) is 3. The zero-order valence-electron chi connectivity index (χ0n) is 11.0. The van der Waals surface area contributed by atoms with Gasteiger partial charge in [0, 0.05) is 11.4 Å². The van der Waals surface area contributed by atoms with Crippen LogP contribution in [0.25, 0.3) is 0 Å². The highest BCUT2D eigenvalue weighted by Crippen LogP contribution is 2.18. The molecule has 2 aromatic carbocycles. The molecule has 0 radical (unpaired) electrons. The Kier molecular flexibility index (Phi) is 4.20. The third kappa shape index (κ3) is 3.71. The van der Waals surface area contributed by atoms with E-state index in [0.29, 0.717) is 11.4 Å². The smallest absolute Gasteiger partial charge is 0.262 e. The number of nitrogen functional groups attached to an aromatic ring is 1. The first kappa shape index (κ1) is 13.9. The number of hydrogen-bond donors (Lipinski definition) is 2. The fraction of sp³-hybridized carbons (Fsp3) is 0.133. The van der Waals surface area contributed by atoms with Gasteiger partial charge in [0.1, 0.15) is 0 Å². The van der Waals surface area contributed by atoms with Gasteiger partial charge < -0.3 is 15.8 Å². The van der Waals surface area contributed by atoms with Gasteiger partial charge in [0.25, 0.3) is 5.91 Å². The van der Waals surface area contributed by atoms with E-state index >= 15 is 0 Å². The van der Waals surface area contributed by atoms with E-state index in [1.54, 1.807) is 36.4 Å². The number of nitrogens with two attached hydrogens (primary N) is 1. The molecule has 0 atom stereocenters. The number of rotatable bonds is 4. The molecule has 0 aliphatic heterocycles. The van der Waals surface area contributed by atoms with E-state index in [2.05, 4.69) is 5.32 Å². The third-order valence-electron chi connectivity index (χ3n) is 2.62. The molecule has 2 rings (SSSR count). The Hall–Kier alpha value is -2.56. The molecule has 104 valence electrons. The van der Waals surface area contributed by atoms with Crippen molar-refractivity contribution in [2.24, 2.45) is 0 Å². The molecule has 2 aromatic rings. The van der Waals surface area contributed by atoms with Crippen molar-refractivity contribution in [2.45, 2.75) is 6.92 Å². The molecule has 0 bridgehead atoms. The normalized spacial score (nSPS) is 10.1. The lowest BCUT2D eigenvalue weighted by Gasteiger charge is -2.09. The first-order valence-corrected chi connectivity index (χ1v) is 6.09. The Morgan fingerprint density at radius 2 is 2.10 bits per heavy atom. The van der Waals surface area contributed by atoms with Crippen LogP contribution in [0.3, 0.4) is 0 Å². The number of anilines is 2. The molecule has 0 spiro atoms. The molecule has 3 N–H and O–H groups in total. The SMILES string of the molecule is Cc1ccc(F)c(OCC(=O)Nc2cccc(N)c2)c1. The van der Waals surface area contributed by atoms with E-state index in [0.717, 1.165) is 5.56 Å². The van der Waals surface area contributed by atoms with Crippen LogP contribution in [0.5, 0.6) is 5.75 Å². The van der Waals surface area contributed by atoms with E-state index in [-0.39, 0.29) is 18.3 Å². The zero-order chi connectivity index (χ0) is 14.5. The molecule has 0 aliphatic rings. The summed E-state index contributed by atoms with van der Waals surface area (Å²) in [4.78, 5) is 11.7. The summed E-state index contributed by atoms with van der Waals surface area (Å²) in [6, 6.07) is 11.3. The average molecular weight is 274 g/mol. The first-order valence-electron chi connectivity index (χ1n) is 6.09. The van der Waals surface area contributed by atoms with Crippen LogP contribution >= 0.6 is 0 Å². The van der Waals surface area contributed by atoms with Crippen LogP contribution in [0, 0.1) is 12.7 Å². The van der Waals surface area contributed by atoms with Gasteiger partial charge in [-0.05, 0) is 42.8 Å². The van der Waals surface area contributed by atoms with E-state index in [9.17, 15) is 9.18 Å². The quantitative estimate of drug-likeness (QED) is 0.842. The Morgan fingerprint density at radius 1 is 1.30 bits per heavy atom. The molecule has 0 aliphatic carbocycles. The van der Waals surface area contributed by atoms with Crippen molar-refractivity contribution in [3.8, 4) is 5.75 Å². The summed E-state index contributed by atoms with van der Waals surface area (Å²) in [5.41, 5.74) is 7.58. The molecule has 5 heteroatoms. The molecule has 0 heterocycles. The maximum atomic E-state index is 13.4.